The van der Waals surface area contributed by atoms with Crippen LogP contribution < -0.4 is 14.4 Å². The lowest BCUT2D eigenvalue weighted by atomic mass is 10.1. The third-order valence-corrected chi connectivity index (χ3v) is 8.66. The van der Waals surface area contributed by atoms with Crippen molar-refractivity contribution in [2.24, 2.45) is 0 Å². The van der Waals surface area contributed by atoms with Gasteiger partial charge in [0.1, 0.15) is 18.3 Å². The lowest BCUT2D eigenvalue weighted by Gasteiger charge is -2.32. The molecule has 0 spiro atoms. The highest BCUT2D eigenvalue weighted by Gasteiger charge is 2.33. The second kappa shape index (κ2) is 13.5. The van der Waals surface area contributed by atoms with Crippen LogP contribution in [-0.4, -0.2) is 50.9 Å². The first-order valence-corrected chi connectivity index (χ1v) is 14.8. The largest absolute Gasteiger partial charge is 0.497 e. The summed E-state index contributed by atoms with van der Waals surface area (Å²) < 4.78 is 34.2. The smallest absolute Gasteiger partial charge is 0.264 e. The predicted molar refractivity (Wildman–Crippen MR) is 158 cm³/mol. The molecule has 2 amide bonds. The number of benzene rings is 3. The van der Waals surface area contributed by atoms with Crippen molar-refractivity contribution >= 4 is 27.5 Å². The zero-order valence-electron chi connectivity index (χ0n) is 24.0. The Labute approximate surface area is 238 Å². The molecule has 0 fully saturated rings. The molecule has 0 radical (unpaired) electrons. The van der Waals surface area contributed by atoms with Crippen LogP contribution in [0, 0.1) is 13.8 Å². The number of anilines is 1. The molecule has 0 aromatic heterocycles. The number of sulfonamides is 1. The predicted octanol–water partition coefficient (Wildman–Crippen LogP) is 4.84. The van der Waals surface area contributed by atoms with Crippen molar-refractivity contribution in [2.75, 3.05) is 18.0 Å². The van der Waals surface area contributed by atoms with E-state index in [4.69, 9.17) is 4.74 Å². The number of ether oxygens (including phenoxy) is 1. The van der Waals surface area contributed by atoms with Crippen molar-refractivity contribution in [3.63, 3.8) is 0 Å². The first-order chi connectivity index (χ1) is 19.0. The van der Waals surface area contributed by atoms with Crippen molar-refractivity contribution in [1.29, 1.82) is 0 Å². The molecule has 0 aliphatic rings. The summed E-state index contributed by atoms with van der Waals surface area (Å²) in [5.74, 6) is -0.359. The number of amides is 2. The number of hydrogen-bond acceptors (Lipinski definition) is 5. The van der Waals surface area contributed by atoms with Crippen LogP contribution in [0.5, 0.6) is 5.75 Å². The molecule has 0 bridgehead atoms. The molecule has 0 aliphatic carbocycles. The zero-order valence-corrected chi connectivity index (χ0v) is 24.9. The minimum absolute atomic E-state index is 0.0568. The van der Waals surface area contributed by atoms with Gasteiger partial charge in [-0.3, -0.25) is 13.9 Å². The Bertz CT molecular complexity index is 1410. The Morgan fingerprint density at radius 3 is 2.10 bits per heavy atom. The fourth-order valence-electron chi connectivity index (χ4n) is 4.07. The van der Waals surface area contributed by atoms with Crippen molar-refractivity contribution in [3.05, 3.63) is 89.5 Å². The summed E-state index contributed by atoms with van der Waals surface area (Å²) in [6, 6.07) is 19.8. The molecule has 1 N–H and O–H groups in total. The van der Waals surface area contributed by atoms with Crippen LogP contribution in [0.15, 0.2) is 77.7 Å². The highest BCUT2D eigenvalue weighted by atomic mass is 32.2. The van der Waals surface area contributed by atoms with E-state index >= 15 is 0 Å². The molecule has 3 aromatic rings. The molecule has 0 saturated carbocycles. The lowest BCUT2D eigenvalue weighted by molar-refractivity contribution is -0.139. The Balaban J connectivity index is 2.04. The maximum Gasteiger partial charge on any atom is 0.264 e. The minimum atomic E-state index is -4.14. The topological polar surface area (TPSA) is 96.0 Å². The van der Waals surface area contributed by atoms with Crippen molar-refractivity contribution < 1.29 is 22.7 Å². The van der Waals surface area contributed by atoms with E-state index in [1.54, 1.807) is 43.3 Å². The second-order valence-electron chi connectivity index (χ2n) is 10.0. The van der Waals surface area contributed by atoms with Crippen LogP contribution in [0.1, 0.15) is 43.9 Å². The van der Waals surface area contributed by atoms with Crippen LogP contribution in [0.4, 0.5) is 5.69 Å². The molecule has 2 atom stereocenters. The highest BCUT2D eigenvalue weighted by molar-refractivity contribution is 7.92. The standard InChI is InChI=1S/C31H39N3O5S/c1-7-24(4)32-31(36)25(5)33(20-26-15-11-22(2)12-16-26)30(35)21-34(27-9-8-10-28(19-27)39-6)40(37,38)29-17-13-23(3)14-18-29/h8-19,24-25H,7,20-21H2,1-6H3,(H,32,36)/t24-,25+/m0/s1. The number of carbonyl (C=O) groups is 2. The van der Waals surface area contributed by atoms with E-state index in [2.05, 4.69) is 5.32 Å². The number of hydrogen-bond donors (Lipinski definition) is 1. The van der Waals surface area contributed by atoms with Gasteiger partial charge < -0.3 is 15.0 Å². The summed E-state index contributed by atoms with van der Waals surface area (Å²) in [6.45, 7) is 9.00. The first kappa shape index (κ1) is 30.7. The number of nitrogens with zero attached hydrogens (tertiary/aromatic N) is 2. The Morgan fingerprint density at radius 1 is 0.925 bits per heavy atom. The normalized spacial score (nSPS) is 12.8. The average Bonchev–Trinajstić information content (AvgIpc) is 2.95. The summed E-state index contributed by atoms with van der Waals surface area (Å²) >= 11 is 0. The van der Waals surface area contributed by atoms with E-state index in [0.29, 0.717) is 5.75 Å². The molecule has 0 aliphatic heterocycles. The van der Waals surface area contributed by atoms with Crippen molar-refractivity contribution in [2.45, 2.75) is 64.6 Å². The Morgan fingerprint density at radius 2 is 1.52 bits per heavy atom. The van der Waals surface area contributed by atoms with E-state index < -0.39 is 28.5 Å². The van der Waals surface area contributed by atoms with Crippen LogP contribution in [0.2, 0.25) is 0 Å². The van der Waals surface area contributed by atoms with Gasteiger partial charge in [0.15, 0.2) is 0 Å². The molecule has 3 rings (SSSR count). The molecule has 40 heavy (non-hydrogen) atoms. The summed E-state index contributed by atoms with van der Waals surface area (Å²) in [6.07, 6.45) is 0.739. The maximum absolute atomic E-state index is 14.0. The molecule has 3 aromatic carbocycles. The Kier molecular flexibility index (Phi) is 10.3. The van der Waals surface area contributed by atoms with Gasteiger partial charge in [0, 0.05) is 18.7 Å². The van der Waals surface area contributed by atoms with E-state index in [0.717, 1.165) is 27.4 Å². The summed E-state index contributed by atoms with van der Waals surface area (Å²) in [5, 5.41) is 2.94. The van der Waals surface area contributed by atoms with Crippen LogP contribution in [0.3, 0.4) is 0 Å². The number of rotatable bonds is 12. The van der Waals surface area contributed by atoms with Gasteiger partial charge in [-0.05, 0) is 63.9 Å². The van der Waals surface area contributed by atoms with Gasteiger partial charge in [-0.15, -0.1) is 0 Å². The van der Waals surface area contributed by atoms with Gasteiger partial charge >= 0.3 is 0 Å². The van der Waals surface area contributed by atoms with Gasteiger partial charge in [0.2, 0.25) is 11.8 Å². The third-order valence-electron chi connectivity index (χ3n) is 6.87. The summed E-state index contributed by atoms with van der Waals surface area (Å²) in [4.78, 5) is 28.6. The molecule has 8 nitrogen and oxygen atoms in total. The molecule has 0 heterocycles. The molecular formula is C31H39N3O5S. The van der Waals surface area contributed by atoms with Crippen molar-refractivity contribution in [3.8, 4) is 5.75 Å². The molecule has 0 unspecified atom stereocenters. The van der Waals surface area contributed by atoms with Crippen molar-refractivity contribution in [1.82, 2.24) is 10.2 Å². The molecule has 9 heteroatoms. The Hall–Kier alpha value is -3.85. The fraction of sp³-hybridized carbons (Fsp3) is 0.355. The quantitative estimate of drug-likeness (QED) is 0.339. The highest BCUT2D eigenvalue weighted by Crippen LogP contribution is 2.28. The number of aryl methyl sites for hydroxylation is 2. The number of methoxy groups -OCH3 is 1. The maximum atomic E-state index is 14.0. The SMILES string of the molecule is CC[C@H](C)NC(=O)[C@@H](C)N(Cc1ccc(C)cc1)C(=O)CN(c1cccc(OC)c1)S(=O)(=O)c1ccc(C)cc1. The molecule has 0 saturated heterocycles. The molecular weight excluding hydrogens is 526 g/mol. The monoisotopic (exact) mass is 565 g/mol. The first-order valence-electron chi connectivity index (χ1n) is 13.3. The summed E-state index contributed by atoms with van der Waals surface area (Å²) in [5.41, 5.74) is 3.09. The average molecular weight is 566 g/mol. The zero-order chi connectivity index (χ0) is 29.4. The van der Waals surface area contributed by atoms with Crippen LogP contribution in [-0.2, 0) is 26.2 Å². The van der Waals surface area contributed by atoms with Crippen LogP contribution >= 0.6 is 0 Å². The van der Waals surface area contributed by atoms with E-state index in [9.17, 15) is 18.0 Å². The third kappa shape index (κ3) is 7.63. The minimum Gasteiger partial charge on any atom is -0.497 e. The summed E-state index contributed by atoms with van der Waals surface area (Å²) in [7, 11) is -2.65. The molecule has 214 valence electrons. The second-order valence-corrected chi connectivity index (χ2v) is 11.9. The number of nitrogens with one attached hydrogen (secondary N) is 1. The fourth-order valence-corrected chi connectivity index (χ4v) is 5.48. The van der Waals surface area contributed by atoms with Gasteiger partial charge in [-0.2, -0.15) is 0 Å². The lowest BCUT2D eigenvalue weighted by Crippen LogP contribution is -2.52. The van der Waals surface area contributed by atoms with Gasteiger partial charge in [-0.25, -0.2) is 8.42 Å². The van der Waals surface area contributed by atoms with Gasteiger partial charge in [0.25, 0.3) is 10.0 Å². The van der Waals surface area contributed by atoms with E-state index in [-0.39, 0.29) is 29.1 Å². The van der Waals surface area contributed by atoms with Gasteiger partial charge in [0.05, 0.1) is 17.7 Å². The van der Waals surface area contributed by atoms with E-state index in [1.807, 2.05) is 52.0 Å². The van der Waals surface area contributed by atoms with Gasteiger partial charge in [-0.1, -0.05) is 60.5 Å². The van der Waals surface area contributed by atoms with Crippen LogP contribution in [0.25, 0.3) is 0 Å². The number of carbonyl (C=O) groups excluding carboxylic acids is 2. The van der Waals surface area contributed by atoms with E-state index in [1.165, 1.54) is 24.1 Å².